The second-order valence-electron chi connectivity index (χ2n) is 3.84. The zero-order valence-electron chi connectivity index (χ0n) is 9.31. The van der Waals surface area contributed by atoms with Gasteiger partial charge in [-0.25, -0.2) is 4.79 Å². The number of carbonyl (C=O) groups excluding carboxylic acids is 1. The number of carboxylic acids is 1. The van der Waals surface area contributed by atoms with Gasteiger partial charge in [-0.15, -0.1) is 0 Å². The highest BCUT2D eigenvalue weighted by Crippen LogP contribution is 2.20. The van der Waals surface area contributed by atoms with Crippen LogP contribution in [-0.2, 0) is 21.3 Å². The lowest BCUT2D eigenvalue weighted by atomic mass is 10.00. The SMILES string of the molecule is CC(=O)Cc1cc(CBr)cc(C(O)C(=O)O)c1. The van der Waals surface area contributed by atoms with Gasteiger partial charge >= 0.3 is 5.97 Å². The van der Waals surface area contributed by atoms with E-state index in [2.05, 4.69) is 15.9 Å². The molecule has 1 unspecified atom stereocenters. The molecular formula is C12H13BrO4. The number of Topliss-reactive ketones (excluding diaryl/α,β-unsaturated/α-hetero) is 1. The maximum atomic E-state index is 11.0. The number of carboxylic acid groups (broad SMARTS) is 1. The number of halogens is 1. The van der Waals surface area contributed by atoms with Crippen LogP contribution in [0.1, 0.15) is 29.7 Å². The summed E-state index contributed by atoms with van der Waals surface area (Å²) < 4.78 is 0. The van der Waals surface area contributed by atoms with Crippen LogP contribution in [0.3, 0.4) is 0 Å². The van der Waals surface area contributed by atoms with E-state index >= 15 is 0 Å². The number of hydrogen-bond donors (Lipinski definition) is 2. The predicted molar refractivity (Wildman–Crippen MR) is 66.1 cm³/mol. The minimum absolute atomic E-state index is 0.00696. The van der Waals surface area contributed by atoms with E-state index in [0.29, 0.717) is 16.5 Å². The van der Waals surface area contributed by atoms with Crippen LogP contribution in [0, 0.1) is 0 Å². The summed E-state index contributed by atoms with van der Waals surface area (Å²) in [7, 11) is 0. The number of aliphatic hydroxyl groups excluding tert-OH is 1. The molecule has 0 heterocycles. The molecule has 0 fully saturated rings. The van der Waals surface area contributed by atoms with E-state index in [0.717, 1.165) is 5.56 Å². The van der Waals surface area contributed by atoms with Crippen molar-refractivity contribution in [1.29, 1.82) is 0 Å². The summed E-state index contributed by atoms with van der Waals surface area (Å²) in [5.74, 6) is -1.31. The number of hydrogen-bond acceptors (Lipinski definition) is 3. The highest BCUT2D eigenvalue weighted by Gasteiger charge is 2.17. The van der Waals surface area contributed by atoms with Crippen molar-refractivity contribution >= 4 is 27.7 Å². The van der Waals surface area contributed by atoms with Gasteiger partial charge in [0.1, 0.15) is 5.78 Å². The van der Waals surface area contributed by atoms with Gasteiger partial charge < -0.3 is 10.2 Å². The standard InChI is InChI=1S/C12H13BrO4/c1-7(14)2-8-3-9(6-13)5-10(4-8)11(15)12(16)17/h3-5,11,15H,2,6H2,1H3,(H,16,17). The third-order valence-corrected chi connectivity index (χ3v) is 2.88. The molecule has 5 heteroatoms. The highest BCUT2D eigenvalue weighted by molar-refractivity contribution is 9.08. The van der Waals surface area contributed by atoms with Crippen LogP contribution >= 0.6 is 15.9 Å². The average Bonchev–Trinajstić information content (AvgIpc) is 2.26. The quantitative estimate of drug-likeness (QED) is 0.814. The predicted octanol–water partition coefficient (Wildman–Crippen LogP) is 1.83. The van der Waals surface area contributed by atoms with E-state index in [1.807, 2.05) is 6.07 Å². The van der Waals surface area contributed by atoms with Crippen molar-refractivity contribution < 1.29 is 19.8 Å². The Morgan fingerprint density at radius 1 is 1.29 bits per heavy atom. The molecule has 0 bridgehead atoms. The summed E-state index contributed by atoms with van der Waals surface area (Å²) in [6.45, 7) is 1.47. The first-order valence-electron chi connectivity index (χ1n) is 5.03. The first-order valence-corrected chi connectivity index (χ1v) is 6.15. The Balaban J connectivity index is 3.13. The van der Waals surface area contributed by atoms with E-state index in [4.69, 9.17) is 5.11 Å². The topological polar surface area (TPSA) is 74.6 Å². The summed E-state index contributed by atoms with van der Waals surface area (Å²) in [6, 6.07) is 4.97. The van der Waals surface area contributed by atoms with Crippen LogP contribution in [0.25, 0.3) is 0 Å². The van der Waals surface area contributed by atoms with Crippen molar-refractivity contribution in [3.63, 3.8) is 0 Å². The van der Waals surface area contributed by atoms with Gasteiger partial charge in [0.05, 0.1) is 0 Å². The Hall–Kier alpha value is -1.20. The van der Waals surface area contributed by atoms with E-state index in [9.17, 15) is 14.7 Å². The molecule has 1 aromatic carbocycles. The van der Waals surface area contributed by atoms with Crippen LogP contribution < -0.4 is 0 Å². The maximum absolute atomic E-state index is 11.0. The number of aliphatic carboxylic acids is 1. The van der Waals surface area contributed by atoms with Gasteiger partial charge in [0, 0.05) is 11.8 Å². The lowest BCUT2D eigenvalue weighted by Gasteiger charge is -2.10. The number of rotatable bonds is 5. The van der Waals surface area contributed by atoms with E-state index in [1.165, 1.54) is 6.92 Å². The highest BCUT2D eigenvalue weighted by atomic mass is 79.9. The van der Waals surface area contributed by atoms with Crippen LogP contribution in [0.4, 0.5) is 0 Å². The van der Waals surface area contributed by atoms with Gasteiger partial charge in [-0.05, 0) is 23.6 Å². The summed E-state index contributed by atoms with van der Waals surface area (Å²) >= 11 is 3.26. The molecule has 17 heavy (non-hydrogen) atoms. The molecule has 0 saturated carbocycles. The van der Waals surface area contributed by atoms with E-state index in [1.54, 1.807) is 12.1 Å². The Kier molecular flexibility index (Phi) is 4.84. The van der Waals surface area contributed by atoms with Crippen molar-refractivity contribution in [1.82, 2.24) is 0 Å². The lowest BCUT2D eigenvalue weighted by molar-refractivity contribution is -0.146. The molecular weight excluding hydrogens is 288 g/mol. The third kappa shape index (κ3) is 3.94. The fourth-order valence-corrected chi connectivity index (χ4v) is 1.88. The average molecular weight is 301 g/mol. The molecule has 0 aromatic heterocycles. The summed E-state index contributed by atoms with van der Waals surface area (Å²) in [5, 5.41) is 18.8. The van der Waals surface area contributed by atoms with Gasteiger partial charge in [0.15, 0.2) is 6.10 Å². The van der Waals surface area contributed by atoms with Crippen molar-refractivity contribution in [2.45, 2.75) is 24.8 Å². The van der Waals surface area contributed by atoms with Crippen molar-refractivity contribution in [2.75, 3.05) is 0 Å². The molecule has 1 aromatic rings. The number of ketones is 1. The summed E-state index contributed by atoms with van der Waals surface area (Å²) in [4.78, 5) is 21.7. The molecule has 0 aliphatic carbocycles. The second-order valence-corrected chi connectivity index (χ2v) is 4.40. The third-order valence-electron chi connectivity index (χ3n) is 2.23. The van der Waals surface area contributed by atoms with Gasteiger partial charge in [0.25, 0.3) is 0 Å². The molecule has 0 spiro atoms. The molecule has 1 atom stereocenters. The Morgan fingerprint density at radius 3 is 2.35 bits per heavy atom. The molecule has 2 N–H and O–H groups in total. The fraction of sp³-hybridized carbons (Fsp3) is 0.333. The number of aliphatic hydroxyl groups is 1. The normalized spacial score (nSPS) is 12.2. The van der Waals surface area contributed by atoms with Crippen molar-refractivity contribution in [3.05, 3.63) is 34.9 Å². The Labute approximate surface area is 107 Å². The molecule has 1 rings (SSSR count). The number of benzene rings is 1. The minimum atomic E-state index is -1.56. The van der Waals surface area contributed by atoms with Crippen molar-refractivity contribution in [2.24, 2.45) is 0 Å². The molecule has 0 saturated heterocycles. The molecule has 0 amide bonds. The zero-order valence-corrected chi connectivity index (χ0v) is 10.9. The molecule has 0 aliphatic rings. The second kappa shape index (κ2) is 5.93. The monoisotopic (exact) mass is 300 g/mol. The smallest absolute Gasteiger partial charge is 0.337 e. The number of carbonyl (C=O) groups is 2. The summed E-state index contributed by atoms with van der Waals surface area (Å²) in [6.07, 6.45) is -1.32. The summed E-state index contributed by atoms with van der Waals surface area (Å²) in [5.41, 5.74) is 1.84. The molecule has 0 aliphatic heterocycles. The van der Waals surface area contributed by atoms with Gasteiger partial charge in [0.2, 0.25) is 0 Å². The zero-order chi connectivity index (χ0) is 13.0. The van der Waals surface area contributed by atoms with Gasteiger partial charge in [-0.2, -0.15) is 0 Å². The Bertz CT molecular complexity index is 442. The van der Waals surface area contributed by atoms with Crippen LogP contribution in [0.2, 0.25) is 0 Å². The van der Waals surface area contributed by atoms with Crippen LogP contribution in [0.5, 0.6) is 0 Å². The number of alkyl halides is 1. The van der Waals surface area contributed by atoms with E-state index < -0.39 is 12.1 Å². The Morgan fingerprint density at radius 2 is 1.88 bits per heavy atom. The maximum Gasteiger partial charge on any atom is 0.337 e. The minimum Gasteiger partial charge on any atom is -0.479 e. The molecule has 4 nitrogen and oxygen atoms in total. The van der Waals surface area contributed by atoms with Gasteiger partial charge in [-0.3, -0.25) is 4.79 Å². The van der Waals surface area contributed by atoms with Gasteiger partial charge in [-0.1, -0.05) is 34.1 Å². The van der Waals surface area contributed by atoms with Crippen LogP contribution in [-0.4, -0.2) is 22.0 Å². The lowest BCUT2D eigenvalue weighted by Crippen LogP contribution is -2.11. The first-order chi connectivity index (χ1) is 7.93. The largest absolute Gasteiger partial charge is 0.479 e. The van der Waals surface area contributed by atoms with E-state index in [-0.39, 0.29) is 12.2 Å². The van der Waals surface area contributed by atoms with Crippen molar-refractivity contribution in [3.8, 4) is 0 Å². The van der Waals surface area contributed by atoms with Crippen LogP contribution in [0.15, 0.2) is 18.2 Å². The molecule has 0 radical (unpaired) electrons. The fourth-order valence-electron chi connectivity index (χ4n) is 1.56. The first kappa shape index (κ1) is 13.9. The molecule has 92 valence electrons.